The van der Waals surface area contributed by atoms with Crippen LogP contribution in [-0.2, 0) is 21.6 Å². The van der Waals surface area contributed by atoms with E-state index in [-0.39, 0.29) is 28.5 Å². The third-order valence-corrected chi connectivity index (χ3v) is 8.75. The molecule has 0 amide bonds. The maximum atomic E-state index is 6.16. The summed E-state index contributed by atoms with van der Waals surface area (Å²) in [7, 11) is 1.90. The second kappa shape index (κ2) is 8.88. The van der Waals surface area contributed by atoms with Crippen LogP contribution in [-0.4, -0.2) is 7.11 Å². The molecule has 1 aliphatic rings. The molecule has 2 aromatic carbocycles. The molecule has 1 aliphatic carbocycles. The van der Waals surface area contributed by atoms with Gasteiger partial charge in [-0.25, -0.2) is 0 Å². The Hall–Kier alpha value is -0.566. The molecule has 3 rings (SSSR count). The van der Waals surface area contributed by atoms with E-state index in [0.717, 1.165) is 6.42 Å². The molecular formula is C21H27Cl2OTi. The number of allylic oxidation sites excluding steroid dienone is 4. The number of rotatable bonds is 3. The number of halogens is 2. The van der Waals surface area contributed by atoms with E-state index < -0.39 is 18.3 Å². The first-order valence-electron chi connectivity index (χ1n) is 8.23. The molecule has 0 bridgehead atoms. The molecule has 0 atom stereocenters. The van der Waals surface area contributed by atoms with Crippen molar-refractivity contribution < 1.29 is 21.6 Å². The first-order chi connectivity index (χ1) is 10.9. The summed E-state index contributed by atoms with van der Waals surface area (Å²) in [6.07, 6.45) is 5.69. The summed E-state index contributed by atoms with van der Waals surface area (Å²) in [5.74, 6) is 0. The van der Waals surface area contributed by atoms with E-state index >= 15 is 0 Å². The van der Waals surface area contributed by atoms with Gasteiger partial charge in [0.25, 0.3) is 0 Å². The zero-order chi connectivity index (χ0) is 16.6. The first-order valence-corrected chi connectivity index (χ1v) is 10.4. The van der Waals surface area contributed by atoms with Crippen LogP contribution >= 0.6 is 24.8 Å². The van der Waals surface area contributed by atoms with Gasteiger partial charge in [-0.2, -0.15) is 0 Å². The Morgan fingerprint density at radius 3 is 2.24 bits per heavy atom. The maximum Gasteiger partial charge on any atom is -0.147 e. The molecule has 0 heterocycles. The molecule has 0 aromatic heterocycles. The molecule has 0 saturated heterocycles. The van der Waals surface area contributed by atoms with Gasteiger partial charge in [-0.1, -0.05) is 0 Å². The van der Waals surface area contributed by atoms with Crippen molar-refractivity contribution in [1.82, 2.24) is 0 Å². The summed E-state index contributed by atoms with van der Waals surface area (Å²) in [5, 5.41) is 2.70. The maximum absolute atomic E-state index is 6.16. The quantitative estimate of drug-likeness (QED) is 0.526. The fourth-order valence-corrected chi connectivity index (χ4v) is 7.36. The number of hydrogen-bond donors (Lipinski definition) is 0. The predicted octanol–water partition coefficient (Wildman–Crippen LogP) is 6.44. The van der Waals surface area contributed by atoms with Crippen LogP contribution in [0.25, 0.3) is 16.3 Å². The minimum Gasteiger partial charge on any atom is -0.147 e. The SMILES string of the molecule is C[O][Ti]([c]1c(C2=CC(C)=CC2)ccc2ccccc12)[C](C)(C)C.Cl.Cl. The van der Waals surface area contributed by atoms with Crippen LogP contribution in [0, 0.1) is 0 Å². The molecule has 0 aliphatic heterocycles. The van der Waals surface area contributed by atoms with Gasteiger partial charge in [0.2, 0.25) is 0 Å². The van der Waals surface area contributed by atoms with Gasteiger partial charge in [0.1, 0.15) is 0 Å². The molecule has 1 nitrogen and oxygen atoms in total. The van der Waals surface area contributed by atoms with Crippen LogP contribution in [0.15, 0.2) is 54.1 Å². The summed E-state index contributed by atoms with van der Waals surface area (Å²) in [6, 6.07) is 13.3. The van der Waals surface area contributed by atoms with E-state index in [1.54, 1.807) is 0 Å². The first kappa shape index (κ1) is 22.5. The molecule has 0 spiro atoms. The van der Waals surface area contributed by atoms with Crippen molar-refractivity contribution in [1.29, 1.82) is 0 Å². The smallest absolute Gasteiger partial charge is 0.147 e. The Morgan fingerprint density at radius 2 is 1.68 bits per heavy atom. The Bertz CT molecular complexity index is 803. The van der Waals surface area contributed by atoms with Gasteiger partial charge in [0, 0.05) is 0 Å². The van der Waals surface area contributed by atoms with Crippen molar-refractivity contribution in [3.05, 3.63) is 59.7 Å². The number of hydrogen-bond acceptors (Lipinski definition) is 1. The summed E-state index contributed by atoms with van der Waals surface area (Å²) < 4.78 is 7.86. The third kappa shape index (κ3) is 4.59. The van der Waals surface area contributed by atoms with Crippen LogP contribution in [0.1, 0.15) is 39.7 Å². The second-order valence-corrected chi connectivity index (χ2v) is 12.1. The van der Waals surface area contributed by atoms with E-state index in [0.29, 0.717) is 0 Å². The van der Waals surface area contributed by atoms with E-state index in [1.807, 2.05) is 7.11 Å². The molecule has 25 heavy (non-hydrogen) atoms. The molecule has 0 saturated carbocycles. The molecule has 0 fully saturated rings. The van der Waals surface area contributed by atoms with Gasteiger partial charge < -0.3 is 0 Å². The molecule has 0 N–H and O–H groups in total. The topological polar surface area (TPSA) is 9.23 Å². The zero-order valence-corrected chi connectivity index (χ0v) is 18.7. The Morgan fingerprint density at radius 1 is 1.00 bits per heavy atom. The minimum absolute atomic E-state index is 0. The van der Waals surface area contributed by atoms with Crippen LogP contribution < -0.4 is 3.87 Å². The van der Waals surface area contributed by atoms with Crippen LogP contribution in [0.2, 0.25) is 3.72 Å². The van der Waals surface area contributed by atoms with Crippen molar-refractivity contribution in [3.8, 4) is 0 Å². The average molecular weight is 414 g/mol. The number of fused-ring (bicyclic) bond motifs is 1. The molecule has 4 heteroatoms. The van der Waals surface area contributed by atoms with E-state index in [2.05, 4.69) is 76.2 Å². The predicted molar refractivity (Wildman–Crippen MR) is 111 cm³/mol. The van der Waals surface area contributed by atoms with Crippen LogP contribution in [0.5, 0.6) is 0 Å². The average Bonchev–Trinajstić information content (AvgIpc) is 2.93. The summed E-state index contributed by atoms with van der Waals surface area (Å²) in [5.41, 5.74) is 4.21. The minimum atomic E-state index is -1.92. The van der Waals surface area contributed by atoms with Gasteiger partial charge >= 0.3 is 146 Å². The monoisotopic (exact) mass is 413 g/mol. The van der Waals surface area contributed by atoms with E-state index in [1.165, 1.54) is 31.4 Å². The van der Waals surface area contributed by atoms with Crippen LogP contribution in [0.4, 0.5) is 0 Å². The van der Waals surface area contributed by atoms with Crippen molar-refractivity contribution in [2.45, 2.75) is 37.8 Å². The van der Waals surface area contributed by atoms with Gasteiger partial charge in [-0.05, 0) is 0 Å². The van der Waals surface area contributed by atoms with Crippen molar-refractivity contribution in [2.75, 3.05) is 7.11 Å². The zero-order valence-electron chi connectivity index (χ0n) is 15.6. The van der Waals surface area contributed by atoms with Gasteiger partial charge in [0.15, 0.2) is 0 Å². The van der Waals surface area contributed by atoms with Crippen molar-refractivity contribution in [3.63, 3.8) is 0 Å². The fraction of sp³-hybridized carbons (Fsp3) is 0.333. The largest absolute Gasteiger partial charge is 0.147 e. The summed E-state index contributed by atoms with van der Waals surface area (Å²) in [4.78, 5) is 0. The normalized spacial score (nSPS) is 13.6. The van der Waals surface area contributed by atoms with Gasteiger partial charge in [-0.3, -0.25) is 0 Å². The summed E-state index contributed by atoms with van der Waals surface area (Å²) >= 11 is -1.92. The van der Waals surface area contributed by atoms with Crippen molar-refractivity contribution in [2.24, 2.45) is 0 Å². The number of benzene rings is 2. The second-order valence-electron chi connectivity index (χ2n) is 7.31. The van der Waals surface area contributed by atoms with Crippen LogP contribution in [0.3, 0.4) is 0 Å². The summed E-state index contributed by atoms with van der Waals surface area (Å²) in [6.45, 7) is 9.16. The Balaban J connectivity index is 0.00000156. The van der Waals surface area contributed by atoms with Crippen molar-refractivity contribution >= 4 is 45.0 Å². The van der Waals surface area contributed by atoms with E-state index in [9.17, 15) is 0 Å². The molecule has 0 unspecified atom stereocenters. The standard InChI is InChI=1S/C16H13.C4H9.CH3O.2ClH.Ti/c1-12-6-7-15(10-12)16-9-8-13-4-2-3-5-14(13)11-16;1-4(2)3;1-2;;;/h2-6,8-10H,7H2,1H3;1-3H3;1H3;2*1H;/q;;-1;;;+1. The Labute approximate surface area is 170 Å². The van der Waals surface area contributed by atoms with Gasteiger partial charge in [-0.15, -0.1) is 24.8 Å². The third-order valence-electron chi connectivity index (χ3n) is 4.43. The van der Waals surface area contributed by atoms with Gasteiger partial charge in [0.05, 0.1) is 0 Å². The fourth-order valence-electron chi connectivity index (χ4n) is 3.42. The molecular weight excluding hydrogens is 387 g/mol. The molecule has 2 aromatic rings. The van der Waals surface area contributed by atoms with E-state index in [4.69, 9.17) is 3.32 Å². The Kier molecular flexibility index (Phi) is 7.99. The molecule has 135 valence electrons. The molecule has 0 radical (unpaired) electrons.